The Morgan fingerprint density at radius 3 is 2.52 bits per heavy atom. The molecule has 2 aromatic carbocycles. The van der Waals surface area contributed by atoms with E-state index in [4.69, 9.17) is 11.6 Å². The number of hydrogen-bond acceptors (Lipinski definition) is 3. The summed E-state index contributed by atoms with van der Waals surface area (Å²) >= 11 is 5.88. The van der Waals surface area contributed by atoms with Gasteiger partial charge < -0.3 is 0 Å². The van der Waals surface area contributed by atoms with Gasteiger partial charge in [0.2, 0.25) is 0 Å². The van der Waals surface area contributed by atoms with E-state index < -0.39 is 4.92 Å². The molecule has 0 atom stereocenters. The first-order valence-electron chi connectivity index (χ1n) is 6.27. The van der Waals surface area contributed by atoms with Gasteiger partial charge >= 0.3 is 0 Å². The van der Waals surface area contributed by atoms with E-state index in [0.29, 0.717) is 5.02 Å². The van der Waals surface area contributed by atoms with Crippen LogP contribution in [-0.2, 0) is 0 Å². The molecule has 0 bridgehead atoms. The van der Waals surface area contributed by atoms with Gasteiger partial charge in [-0.3, -0.25) is 15.1 Å². The summed E-state index contributed by atoms with van der Waals surface area (Å²) in [6, 6.07) is 11.8. The number of benzene rings is 2. The van der Waals surface area contributed by atoms with Gasteiger partial charge in [-0.05, 0) is 54.5 Å². The number of allylic oxidation sites excluding steroid dienone is 1. The van der Waals surface area contributed by atoms with E-state index in [9.17, 15) is 10.1 Å². The quantitative estimate of drug-likeness (QED) is 0.454. The third kappa shape index (κ3) is 4.26. The molecule has 0 saturated heterocycles. The zero-order valence-electron chi connectivity index (χ0n) is 11.4. The molecule has 21 heavy (non-hydrogen) atoms. The van der Waals surface area contributed by atoms with Crippen molar-refractivity contribution in [3.05, 3.63) is 74.8 Å². The van der Waals surface area contributed by atoms with Gasteiger partial charge in [-0.2, -0.15) is 0 Å². The van der Waals surface area contributed by atoms with E-state index >= 15 is 0 Å². The number of aryl methyl sites for hydroxylation is 1. The fourth-order valence-corrected chi connectivity index (χ4v) is 1.98. The average Bonchev–Trinajstić information content (AvgIpc) is 2.46. The predicted octanol–water partition coefficient (Wildman–Crippen LogP) is 4.97. The van der Waals surface area contributed by atoms with Crippen molar-refractivity contribution in [1.29, 1.82) is 0 Å². The SMILES string of the molecule is Cc1cc(Cl)ccc1N=C/C=C/c1ccc([N+](=O)[O-])cc1. The Hall–Kier alpha value is -2.46. The molecule has 0 N–H and O–H groups in total. The van der Waals surface area contributed by atoms with E-state index in [2.05, 4.69) is 4.99 Å². The number of halogens is 1. The summed E-state index contributed by atoms with van der Waals surface area (Å²) in [6.45, 7) is 1.94. The Morgan fingerprint density at radius 2 is 1.90 bits per heavy atom. The zero-order chi connectivity index (χ0) is 15.2. The van der Waals surface area contributed by atoms with Gasteiger partial charge in [0, 0.05) is 23.4 Å². The molecule has 5 heteroatoms. The Bertz CT molecular complexity index is 707. The van der Waals surface area contributed by atoms with Gasteiger partial charge in [0.25, 0.3) is 5.69 Å². The van der Waals surface area contributed by atoms with Gasteiger partial charge in [0.05, 0.1) is 10.6 Å². The lowest BCUT2D eigenvalue weighted by molar-refractivity contribution is -0.384. The number of aliphatic imine (C=N–C) groups is 1. The Morgan fingerprint density at radius 1 is 1.19 bits per heavy atom. The van der Waals surface area contributed by atoms with E-state index in [1.807, 2.05) is 25.1 Å². The summed E-state index contributed by atoms with van der Waals surface area (Å²) in [5.74, 6) is 0. The number of non-ortho nitro benzene ring substituents is 1. The molecule has 0 aliphatic carbocycles. The molecule has 0 aliphatic rings. The molecular weight excluding hydrogens is 288 g/mol. The van der Waals surface area contributed by atoms with Crippen LogP contribution in [0.25, 0.3) is 6.08 Å². The molecule has 0 saturated carbocycles. The van der Waals surface area contributed by atoms with Gasteiger partial charge in [0.1, 0.15) is 0 Å². The highest BCUT2D eigenvalue weighted by atomic mass is 35.5. The summed E-state index contributed by atoms with van der Waals surface area (Å²) in [7, 11) is 0. The molecular formula is C16H13ClN2O2. The number of hydrogen-bond donors (Lipinski definition) is 0. The molecule has 4 nitrogen and oxygen atoms in total. The van der Waals surface area contributed by atoms with Crippen molar-refractivity contribution in [2.45, 2.75) is 6.92 Å². The topological polar surface area (TPSA) is 55.5 Å². The number of nitro groups is 1. The van der Waals surface area contributed by atoms with Crippen molar-refractivity contribution in [3.8, 4) is 0 Å². The Labute approximate surface area is 127 Å². The second-order valence-corrected chi connectivity index (χ2v) is 4.85. The lowest BCUT2D eigenvalue weighted by Crippen LogP contribution is -1.86. The molecule has 2 rings (SSSR count). The second kappa shape index (κ2) is 6.81. The lowest BCUT2D eigenvalue weighted by Gasteiger charge is -1.98. The molecule has 0 radical (unpaired) electrons. The molecule has 0 aromatic heterocycles. The molecule has 0 amide bonds. The van der Waals surface area contributed by atoms with Crippen LogP contribution >= 0.6 is 11.6 Å². The van der Waals surface area contributed by atoms with Crippen LogP contribution in [0.1, 0.15) is 11.1 Å². The number of rotatable bonds is 4. The monoisotopic (exact) mass is 300 g/mol. The number of nitrogens with zero attached hydrogens (tertiary/aromatic N) is 2. The smallest absolute Gasteiger partial charge is 0.258 e. The predicted molar refractivity (Wildman–Crippen MR) is 86.5 cm³/mol. The van der Waals surface area contributed by atoms with Crippen LogP contribution in [0, 0.1) is 17.0 Å². The highest BCUT2D eigenvalue weighted by Gasteiger charge is 2.01. The second-order valence-electron chi connectivity index (χ2n) is 4.42. The van der Waals surface area contributed by atoms with Crippen LogP contribution in [0.4, 0.5) is 11.4 Å². The highest BCUT2D eigenvalue weighted by Crippen LogP contribution is 2.21. The third-order valence-electron chi connectivity index (χ3n) is 2.85. The van der Waals surface area contributed by atoms with Crippen LogP contribution in [0.2, 0.25) is 5.02 Å². The van der Waals surface area contributed by atoms with Crippen LogP contribution in [0.3, 0.4) is 0 Å². The average molecular weight is 301 g/mol. The van der Waals surface area contributed by atoms with Gasteiger partial charge in [-0.15, -0.1) is 0 Å². The van der Waals surface area contributed by atoms with Crippen molar-refractivity contribution in [2.75, 3.05) is 0 Å². The summed E-state index contributed by atoms with van der Waals surface area (Å²) < 4.78 is 0. The van der Waals surface area contributed by atoms with Crippen molar-refractivity contribution >= 4 is 35.3 Å². The van der Waals surface area contributed by atoms with Gasteiger partial charge in [0.15, 0.2) is 0 Å². The summed E-state index contributed by atoms with van der Waals surface area (Å²) in [5, 5.41) is 11.2. The molecule has 0 heterocycles. The maximum atomic E-state index is 10.5. The summed E-state index contributed by atoms with van der Waals surface area (Å²) in [4.78, 5) is 14.5. The maximum absolute atomic E-state index is 10.5. The molecule has 0 unspecified atom stereocenters. The largest absolute Gasteiger partial charge is 0.269 e. The van der Waals surface area contributed by atoms with Gasteiger partial charge in [-0.25, -0.2) is 0 Å². The molecule has 0 spiro atoms. The van der Waals surface area contributed by atoms with Crippen molar-refractivity contribution in [3.63, 3.8) is 0 Å². The zero-order valence-corrected chi connectivity index (χ0v) is 12.1. The van der Waals surface area contributed by atoms with Crippen molar-refractivity contribution < 1.29 is 4.92 Å². The number of nitro benzene ring substituents is 1. The summed E-state index contributed by atoms with van der Waals surface area (Å²) in [6.07, 6.45) is 5.30. The van der Waals surface area contributed by atoms with E-state index in [-0.39, 0.29) is 5.69 Å². The molecule has 2 aromatic rings. The normalized spacial score (nSPS) is 11.3. The highest BCUT2D eigenvalue weighted by molar-refractivity contribution is 6.30. The van der Waals surface area contributed by atoms with Crippen LogP contribution < -0.4 is 0 Å². The van der Waals surface area contributed by atoms with Crippen molar-refractivity contribution in [1.82, 2.24) is 0 Å². The molecule has 0 fully saturated rings. The van der Waals surface area contributed by atoms with Gasteiger partial charge in [-0.1, -0.05) is 17.7 Å². The first-order chi connectivity index (χ1) is 10.1. The van der Waals surface area contributed by atoms with E-state index in [0.717, 1.165) is 16.8 Å². The van der Waals surface area contributed by atoms with Crippen LogP contribution in [0.15, 0.2) is 53.5 Å². The van der Waals surface area contributed by atoms with Crippen molar-refractivity contribution in [2.24, 2.45) is 4.99 Å². The van der Waals surface area contributed by atoms with Crippen LogP contribution in [0.5, 0.6) is 0 Å². The minimum atomic E-state index is -0.418. The minimum absolute atomic E-state index is 0.0811. The Kier molecular flexibility index (Phi) is 4.85. The first kappa shape index (κ1) is 14.9. The van der Waals surface area contributed by atoms with E-state index in [1.54, 1.807) is 30.5 Å². The fraction of sp³-hybridized carbons (Fsp3) is 0.0625. The van der Waals surface area contributed by atoms with E-state index in [1.165, 1.54) is 12.1 Å². The standard InChI is InChI=1S/C16H13ClN2O2/c1-12-11-14(17)6-9-16(12)18-10-2-3-13-4-7-15(8-5-13)19(20)21/h2-11H,1H3/b3-2+,18-10?. The van der Waals surface area contributed by atoms with Crippen LogP contribution in [-0.4, -0.2) is 11.1 Å². The maximum Gasteiger partial charge on any atom is 0.269 e. The molecule has 0 aliphatic heterocycles. The lowest BCUT2D eigenvalue weighted by atomic mass is 10.2. The Balaban J connectivity index is 2.04. The first-order valence-corrected chi connectivity index (χ1v) is 6.65. The minimum Gasteiger partial charge on any atom is -0.258 e. The summed E-state index contributed by atoms with van der Waals surface area (Å²) in [5.41, 5.74) is 2.81. The third-order valence-corrected chi connectivity index (χ3v) is 3.09. The fourth-order valence-electron chi connectivity index (χ4n) is 1.75. The molecule has 106 valence electrons.